The predicted molar refractivity (Wildman–Crippen MR) is 35.2 cm³/mol. The molecule has 0 amide bonds. The SMILES string of the molecule is C=C1C(=O)O[C@H](C)O[C@@H]1C. The van der Waals surface area contributed by atoms with Crippen molar-refractivity contribution in [3.05, 3.63) is 12.2 Å². The van der Waals surface area contributed by atoms with Gasteiger partial charge in [-0.2, -0.15) is 0 Å². The molecule has 0 spiro atoms. The first-order valence-electron chi connectivity index (χ1n) is 3.16. The van der Waals surface area contributed by atoms with Crippen LogP contribution in [-0.4, -0.2) is 18.4 Å². The van der Waals surface area contributed by atoms with Crippen molar-refractivity contribution in [3.8, 4) is 0 Å². The average molecular weight is 142 g/mol. The van der Waals surface area contributed by atoms with E-state index in [9.17, 15) is 4.79 Å². The maximum atomic E-state index is 10.8. The summed E-state index contributed by atoms with van der Waals surface area (Å²) in [7, 11) is 0. The van der Waals surface area contributed by atoms with Crippen LogP contribution in [0.15, 0.2) is 12.2 Å². The van der Waals surface area contributed by atoms with Crippen molar-refractivity contribution in [2.75, 3.05) is 0 Å². The number of rotatable bonds is 0. The van der Waals surface area contributed by atoms with Gasteiger partial charge in [-0.1, -0.05) is 6.58 Å². The number of carbonyl (C=O) groups excluding carboxylic acids is 1. The molecule has 1 aliphatic rings. The Morgan fingerprint density at radius 3 is 2.60 bits per heavy atom. The zero-order valence-electron chi connectivity index (χ0n) is 6.09. The van der Waals surface area contributed by atoms with Gasteiger partial charge in [0, 0.05) is 0 Å². The summed E-state index contributed by atoms with van der Waals surface area (Å²) in [5, 5.41) is 0. The van der Waals surface area contributed by atoms with Gasteiger partial charge in [-0.25, -0.2) is 4.79 Å². The van der Waals surface area contributed by atoms with E-state index in [-0.39, 0.29) is 12.1 Å². The summed E-state index contributed by atoms with van der Waals surface area (Å²) in [4.78, 5) is 10.8. The van der Waals surface area contributed by atoms with Crippen LogP contribution in [0, 0.1) is 0 Å². The van der Waals surface area contributed by atoms with Crippen LogP contribution in [0.5, 0.6) is 0 Å². The Morgan fingerprint density at radius 2 is 2.10 bits per heavy atom. The van der Waals surface area contributed by atoms with Crippen LogP contribution >= 0.6 is 0 Å². The normalized spacial score (nSPS) is 33.8. The molecule has 0 aromatic heterocycles. The number of ether oxygens (including phenoxy) is 2. The Bertz CT molecular complexity index is 174. The summed E-state index contributed by atoms with van der Waals surface area (Å²) in [5.41, 5.74) is 0.387. The summed E-state index contributed by atoms with van der Waals surface area (Å²) in [6, 6.07) is 0. The molecule has 0 unspecified atom stereocenters. The monoisotopic (exact) mass is 142 g/mol. The lowest BCUT2D eigenvalue weighted by Crippen LogP contribution is -2.33. The molecular weight excluding hydrogens is 132 g/mol. The average Bonchev–Trinajstić information content (AvgIpc) is 1.82. The molecule has 3 nitrogen and oxygen atoms in total. The highest BCUT2D eigenvalue weighted by atomic mass is 16.7. The predicted octanol–water partition coefficient (Wildman–Crippen LogP) is 0.850. The standard InChI is InChI=1S/C7H10O3/c1-4-5(2)9-6(3)10-7(4)8/h5-6H,1H2,2-3H3/t5-,6-/m1/s1. The lowest BCUT2D eigenvalue weighted by atomic mass is 10.2. The molecule has 10 heavy (non-hydrogen) atoms. The zero-order valence-corrected chi connectivity index (χ0v) is 6.09. The summed E-state index contributed by atoms with van der Waals surface area (Å²) in [6.07, 6.45) is -0.649. The van der Waals surface area contributed by atoms with Gasteiger partial charge in [0.2, 0.25) is 6.29 Å². The number of hydrogen-bond donors (Lipinski definition) is 0. The Morgan fingerprint density at radius 1 is 1.50 bits per heavy atom. The topological polar surface area (TPSA) is 35.5 Å². The molecule has 1 heterocycles. The van der Waals surface area contributed by atoms with Crippen molar-refractivity contribution in [2.24, 2.45) is 0 Å². The van der Waals surface area contributed by atoms with Gasteiger partial charge in [-0.15, -0.1) is 0 Å². The second-order valence-electron chi connectivity index (χ2n) is 2.28. The Hall–Kier alpha value is -0.830. The summed E-state index contributed by atoms with van der Waals surface area (Å²) in [6.45, 7) is 6.97. The molecule has 1 saturated heterocycles. The Kier molecular flexibility index (Phi) is 1.76. The van der Waals surface area contributed by atoms with E-state index >= 15 is 0 Å². The molecular formula is C7H10O3. The van der Waals surface area contributed by atoms with Crippen LogP contribution in [-0.2, 0) is 14.3 Å². The number of esters is 1. The van der Waals surface area contributed by atoms with E-state index in [1.165, 1.54) is 0 Å². The largest absolute Gasteiger partial charge is 0.433 e. The minimum atomic E-state index is -0.437. The molecule has 3 heteroatoms. The lowest BCUT2D eigenvalue weighted by molar-refractivity contribution is -0.192. The van der Waals surface area contributed by atoms with E-state index in [4.69, 9.17) is 9.47 Å². The van der Waals surface area contributed by atoms with Crippen LogP contribution in [0.3, 0.4) is 0 Å². The first-order chi connectivity index (χ1) is 4.61. The quantitative estimate of drug-likeness (QED) is 0.371. The Labute approximate surface area is 59.6 Å². The van der Waals surface area contributed by atoms with Crippen molar-refractivity contribution < 1.29 is 14.3 Å². The minimum Gasteiger partial charge on any atom is -0.433 e. The van der Waals surface area contributed by atoms with Crippen molar-refractivity contribution >= 4 is 5.97 Å². The van der Waals surface area contributed by atoms with Crippen molar-refractivity contribution in [1.82, 2.24) is 0 Å². The van der Waals surface area contributed by atoms with E-state index < -0.39 is 6.29 Å². The molecule has 0 aliphatic carbocycles. The third-order valence-electron chi connectivity index (χ3n) is 1.42. The van der Waals surface area contributed by atoms with E-state index in [1.807, 2.05) is 0 Å². The van der Waals surface area contributed by atoms with Gasteiger partial charge in [-0.05, 0) is 13.8 Å². The van der Waals surface area contributed by atoms with Crippen molar-refractivity contribution in [1.29, 1.82) is 0 Å². The second-order valence-corrected chi connectivity index (χ2v) is 2.28. The fourth-order valence-corrected chi connectivity index (χ4v) is 0.790. The minimum absolute atomic E-state index is 0.212. The van der Waals surface area contributed by atoms with Gasteiger partial charge < -0.3 is 9.47 Å². The van der Waals surface area contributed by atoms with Crippen LogP contribution in [0.2, 0.25) is 0 Å². The first-order valence-corrected chi connectivity index (χ1v) is 3.16. The van der Waals surface area contributed by atoms with Crippen LogP contribution in [0.4, 0.5) is 0 Å². The van der Waals surface area contributed by atoms with Gasteiger partial charge in [0.25, 0.3) is 0 Å². The smallest absolute Gasteiger partial charge is 0.338 e. The van der Waals surface area contributed by atoms with E-state index in [0.717, 1.165) is 0 Å². The zero-order chi connectivity index (χ0) is 7.72. The molecule has 0 aromatic rings. The van der Waals surface area contributed by atoms with Gasteiger partial charge in [0.1, 0.15) is 0 Å². The molecule has 0 saturated carbocycles. The first kappa shape index (κ1) is 7.28. The molecule has 56 valence electrons. The highest BCUT2D eigenvalue weighted by Crippen LogP contribution is 2.16. The molecule has 1 rings (SSSR count). The highest BCUT2D eigenvalue weighted by Gasteiger charge is 2.26. The van der Waals surface area contributed by atoms with Crippen molar-refractivity contribution in [3.63, 3.8) is 0 Å². The second kappa shape index (κ2) is 2.42. The maximum absolute atomic E-state index is 10.8. The molecule has 1 aliphatic heterocycles. The van der Waals surface area contributed by atoms with Crippen LogP contribution < -0.4 is 0 Å². The number of carbonyl (C=O) groups is 1. The third kappa shape index (κ3) is 1.19. The van der Waals surface area contributed by atoms with E-state index in [2.05, 4.69) is 6.58 Å². The molecule has 1 fully saturated rings. The van der Waals surface area contributed by atoms with Gasteiger partial charge in [0.05, 0.1) is 11.7 Å². The highest BCUT2D eigenvalue weighted by molar-refractivity contribution is 5.89. The van der Waals surface area contributed by atoms with Gasteiger partial charge >= 0.3 is 5.97 Å². The number of cyclic esters (lactones) is 1. The molecule has 0 bridgehead atoms. The number of hydrogen-bond acceptors (Lipinski definition) is 3. The maximum Gasteiger partial charge on any atom is 0.338 e. The van der Waals surface area contributed by atoms with Crippen LogP contribution in [0.1, 0.15) is 13.8 Å². The third-order valence-corrected chi connectivity index (χ3v) is 1.42. The fraction of sp³-hybridized carbons (Fsp3) is 0.571. The fourth-order valence-electron chi connectivity index (χ4n) is 0.790. The summed E-state index contributed by atoms with van der Waals surface area (Å²) < 4.78 is 9.83. The van der Waals surface area contributed by atoms with E-state index in [0.29, 0.717) is 5.57 Å². The summed E-state index contributed by atoms with van der Waals surface area (Å²) in [5.74, 6) is -0.355. The molecule has 2 atom stereocenters. The van der Waals surface area contributed by atoms with E-state index in [1.54, 1.807) is 13.8 Å². The Balaban J connectivity index is 2.66. The molecule has 0 aromatic carbocycles. The summed E-state index contributed by atoms with van der Waals surface area (Å²) >= 11 is 0. The molecule has 0 radical (unpaired) electrons. The lowest BCUT2D eigenvalue weighted by Gasteiger charge is -2.26. The van der Waals surface area contributed by atoms with Crippen LogP contribution in [0.25, 0.3) is 0 Å². The van der Waals surface area contributed by atoms with Gasteiger partial charge in [0.15, 0.2) is 0 Å². The molecule has 0 N–H and O–H groups in total. The van der Waals surface area contributed by atoms with Crippen molar-refractivity contribution in [2.45, 2.75) is 26.2 Å². The van der Waals surface area contributed by atoms with Gasteiger partial charge in [-0.3, -0.25) is 0 Å².